The number of methoxy groups -OCH3 is 1. The first kappa shape index (κ1) is 29.3. The number of carbonyl (C=O) groups is 1. The summed E-state index contributed by atoms with van der Waals surface area (Å²) in [5, 5.41) is 11.9. The smallest absolute Gasteiger partial charge is 0.407 e. The Labute approximate surface area is 275 Å². The quantitative estimate of drug-likeness (QED) is 0.314. The largest absolute Gasteiger partial charge is 0.461 e. The van der Waals surface area contributed by atoms with E-state index >= 15 is 4.39 Å². The number of alkyl carbamates (subject to hydrolysis) is 1. The summed E-state index contributed by atoms with van der Waals surface area (Å²) in [7, 11) is 1.61. The Hall–Kier alpha value is -3.81. The van der Waals surface area contributed by atoms with Gasteiger partial charge in [0.2, 0.25) is 0 Å². The van der Waals surface area contributed by atoms with Gasteiger partial charge in [-0.15, -0.1) is 0 Å². The number of aromatic amines is 1. The molecule has 6 aliphatic rings. The molecule has 4 unspecified atom stereocenters. The van der Waals surface area contributed by atoms with Crippen LogP contribution in [-0.2, 0) is 9.47 Å². The average molecular weight is 663 g/mol. The van der Waals surface area contributed by atoms with Crippen LogP contribution in [0.2, 0.25) is 5.02 Å². The minimum atomic E-state index is -0.569. The molecule has 8 heterocycles. The highest BCUT2D eigenvalue weighted by Crippen LogP contribution is 2.56. The molecule has 1 amide bonds. The number of H-pyrrole nitrogens is 1. The molecule has 3 saturated heterocycles. The van der Waals surface area contributed by atoms with Crippen molar-refractivity contribution < 1.29 is 23.4 Å². The van der Waals surface area contributed by atoms with Crippen LogP contribution in [0.1, 0.15) is 50.0 Å². The van der Waals surface area contributed by atoms with Gasteiger partial charge in [0.25, 0.3) is 0 Å². The van der Waals surface area contributed by atoms with Crippen molar-refractivity contribution in [3.8, 4) is 17.3 Å². The van der Waals surface area contributed by atoms with Crippen molar-refractivity contribution in [2.75, 3.05) is 51.4 Å². The maximum absolute atomic E-state index is 17.2. The predicted molar refractivity (Wildman–Crippen MR) is 172 cm³/mol. The molecule has 0 radical (unpaired) electrons. The fraction of sp³-hybridized carbons (Fsp3) is 0.545. The molecule has 14 heteroatoms. The zero-order valence-electron chi connectivity index (χ0n) is 26.1. The number of pyridine rings is 1. The van der Waals surface area contributed by atoms with Crippen molar-refractivity contribution in [2.45, 2.75) is 62.1 Å². The van der Waals surface area contributed by atoms with E-state index < -0.39 is 11.9 Å². The zero-order chi connectivity index (χ0) is 31.9. The number of anilines is 1. The maximum atomic E-state index is 17.2. The van der Waals surface area contributed by atoms with Crippen molar-refractivity contribution >= 4 is 45.3 Å². The number of hydrogen-bond donors (Lipinski definition) is 2. The van der Waals surface area contributed by atoms with Crippen molar-refractivity contribution in [1.82, 2.24) is 35.4 Å². The topological polar surface area (TPSA) is 131 Å². The molecule has 2 N–H and O–H groups in total. The van der Waals surface area contributed by atoms with E-state index in [2.05, 4.69) is 20.4 Å². The van der Waals surface area contributed by atoms with Crippen LogP contribution in [-0.4, -0.2) is 100 Å². The summed E-state index contributed by atoms with van der Waals surface area (Å²) in [6.07, 6.45) is 8.36. The van der Waals surface area contributed by atoms with Crippen LogP contribution in [0, 0.1) is 11.7 Å². The number of aromatic nitrogens is 5. The molecule has 4 aromatic rings. The molecule has 1 aromatic carbocycles. The third-order valence-corrected chi connectivity index (χ3v) is 11.4. The van der Waals surface area contributed by atoms with Crippen LogP contribution in [0.4, 0.5) is 15.0 Å². The second-order valence-electron chi connectivity index (χ2n) is 13.7. The highest BCUT2D eigenvalue weighted by molar-refractivity contribution is 6.33. The SMILES string of the molecule is COC1CN2CC1NC(=O)OCCC1CC1c1c(Cl)cc3[nH]ncc3c1-c1ncc3c2nc(OCC24CCCN2CCC4)nc3c1F. The molecule has 5 aliphatic heterocycles. The molecule has 1 aliphatic carbocycles. The van der Waals surface area contributed by atoms with E-state index in [-0.39, 0.29) is 53.3 Å². The third kappa shape index (κ3) is 4.80. The van der Waals surface area contributed by atoms with Gasteiger partial charge < -0.3 is 24.4 Å². The van der Waals surface area contributed by atoms with Gasteiger partial charge in [0.05, 0.1) is 41.4 Å². The maximum Gasteiger partial charge on any atom is 0.407 e. The van der Waals surface area contributed by atoms with E-state index in [1.54, 1.807) is 19.5 Å². The molecule has 1 saturated carbocycles. The minimum Gasteiger partial charge on any atom is -0.461 e. The van der Waals surface area contributed by atoms with Crippen molar-refractivity contribution in [2.24, 2.45) is 5.92 Å². The van der Waals surface area contributed by atoms with Crippen molar-refractivity contribution in [1.29, 1.82) is 0 Å². The van der Waals surface area contributed by atoms with Gasteiger partial charge in [0.1, 0.15) is 23.6 Å². The molecule has 4 fully saturated rings. The fourth-order valence-corrected chi connectivity index (χ4v) is 8.94. The van der Waals surface area contributed by atoms with Gasteiger partial charge in [-0.25, -0.2) is 9.18 Å². The summed E-state index contributed by atoms with van der Waals surface area (Å²) in [6, 6.07) is 1.58. The number of hydrogen-bond acceptors (Lipinski definition) is 10. The Balaban J connectivity index is 1.22. The van der Waals surface area contributed by atoms with Crippen LogP contribution < -0.4 is 15.0 Å². The molecule has 3 aromatic heterocycles. The summed E-state index contributed by atoms with van der Waals surface area (Å²) >= 11 is 6.93. The normalized spacial score (nSPS) is 26.7. The molecule has 6 bridgehead atoms. The number of amides is 1. The van der Waals surface area contributed by atoms with Gasteiger partial charge in [-0.1, -0.05) is 11.6 Å². The van der Waals surface area contributed by atoms with E-state index in [1.807, 2.05) is 11.0 Å². The molecule has 10 rings (SSSR count). The molecule has 47 heavy (non-hydrogen) atoms. The third-order valence-electron chi connectivity index (χ3n) is 11.1. The van der Waals surface area contributed by atoms with Crippen LogP contribution in [0.5, 0.6) is 6.01 Å². The van der Waals surface area contributed by atoms with Crippen LogP contribution in [0.15, 0.2) is 18.5 Å². The number of nitrogens with zero attached hydrogens (tertiary/aromatic N) is 6. The minimum absolute atomic E-state index is 0.0414. The van der Waals surface area contributed by atoms with E-state index in [1.165, 1.54) is 0 Å². The lowest BCUT2D eigenvalue weighted by Crippen LogP contribution is -2.44. The van der Waals surface area contributed by atoms with E-state index in [9.17, 15) is 4.79 Å². The van der Waals surface area contributed by atoms with E-state index in [0.29, 0.717) is 53.4 Å². The van der Waals surface area contributed by atoms with Crippen LogP contribution in [0.3, 0.4) is 0 Å². The Morgan fingerprint density at radius 3 is 2.85 bits per heavy atom. The van der Waals surface area contributed by atoms with E-state index in [0.717, 1.165) is 56.1 Å². The van der Waals surface area contributed by atoms with Crippen molar-refractivity contribution in [3.05, 3.63) is 34.9 Å². The number of rotatable bonds is 4. The lowest BCUT2D eigenvalue weighted by Gasteiger charge is -2.31. The Morgan fingerprint density at radius 1 is 1.17 bits per heavy atom. The predicted octanol–water partition coefficient (Wildman–Crippen LogP) is 4.80. The molecule has 4 atom stereocenters. The second kappa shape index (κ2) is 11.1. The Kier molecular flexibility index (Phi) is 6.95. The fourth-order valence-electron chi connectivity index (χ4n) is 8.59. The van der Waals surface area contributed by atoms with Gasteiger partial charge in [0, 0.05) is 42.4 Å². The van der Waals surface area contributed by atoms with Crippen LogP contribution >= 0.6 is 11.6 Å². The molecule has 0 spiro atoms. The Bertz CT molecular complexity index is 1900. The average Bonchev–Trinajstić information content (AvgIpc) is 3.46. The highest BCUT2D eigenvalue weighted by Gasteiger charge is 2.46. The first-order valence-electron chi connectivity index (χ1n) is 16.5. The summed E-state index contributed by atoms with van der Waals surface area (Å²) in [5.74, 6) is 0.174. The standard InChI is InChI=1S/C33H36ClFN8O4/c1-45-24-15-42-14-23(24)38-32(44)46-9-4-17-10-18(17)25-21(34)11-22-19(13-37-41-22)26(25)29-27(35)28-20(12-36-29)30(42)40-31(39-28)47-16-33-5-2-7-43(33)8-3-6-33/h11-13,17-18,23-24H,2-10,14-16H2,1H3,(H,37,41)(H,38,44). The monoisotopic (exact) mass is 662 g/mol. The molecular weight excluding hydrogens is 627 g/mol. The summed E-state index contributed by atoms with van der Waals surface area (Å²) in [4.78, 5) is 31.7. The second-order valence-corrected chi connectivity index (χ2v) is 14.1. The number of benzene rings is 1. The van der Waals surface area contributed by atoms with E-state index in [4.69, 9.17) is 40.8 Å². The summed E-state index contributed by atoms with van der Waals surface area (Å²) < 4.78 is 35.0. The first-order chi connectivity index (χ1) is 22.9. The van der Waals surface area contributed by atoms with Gasteiger partial charge in [-0.05, 0) is 75.1 Å². The highest BCUT2D eigenvalue weighted by atomic mass is 35.5. The van der Waals surface area contributed by atoms with Gasteiger partial charge in [-0.3, -0.25) is 15.0 Å². The summed E-state index contributed by atoms with van der Waals surface area (Å²) in [6.45, 7) is 3.60. The van der Waals surface area contributed by atoms with Crippen molar-refractivity contribution in [3.63, 3.8) is 0 Å². The number of ether oxygens (including phenoxy) is 3. The first-order valence-corrected chi connectivity index (χ1v) is 16.9. The zero-order valence-corrected chi connectivity index (χ0v) is 26.9. The van der Waals surface area contributed by atoms with Crippen LogP contribution in [0.25, 0.3) is 33.1 Å². The molecular formula is C33H36ClFN8O4. The summed E-state index contributed by atoms with van der Waals surface area (Å²) in [5.41, 5.74) is 2.35. The lowest BCUT2D eigenvalue weighted by atomic mass is 9.94. The number of fused-ring (bicyclic) bond motifs is 7. The molecule has 246 valence electrons. The number of carbonyl (C=O) groups excluding carboxylic acids is 1. The Morgan fingerprint density at radius 2 is 2.02 bits per heavy atom. The number of nitrogens with one attached hydrogen (secondary N) is 2. The number of halogens is 2. The lowest BCUT2D eigenvalue weighted by molar-refractivity contribution is 0.0876. The van der Waals surface area contributed by atoms with Gasteiger partial charge in [-0.2, -0.15) is 15.1 Å². The van der Waals surface area contributed by atoms with Gasteiger partial charge in [0.15, 0.2) is 5.82 Å². The molecule has 12 nitrogen and oxygen atoms in total. The van der Waals surface area contributed by atoms with Gasteiger partial charge >= 0.3 is 12.1 Å².